The highest BCUT2D eigenvalue weighted by atomic mass is 16.6. The molecule has 4 amide bonds. The Kier molecular flexibility index (Phi) is 6.23. The van der Waals surface area contributed by atoms with Crippen LogP contribution in [-0.2, 0) is 10.3 Å². The molecule has 4 rings (SSSR count). The van der Waals surface area contributed by atoms with E-state index in [1.165, 1.54) is 12.1 Å². The number of nitro benzene ring substituents is 1. The number of hydrogen-bond donors (Lipinski definition) is 2. The van der Waals surface area contributed by atoms with Gasteiger partial charge in [0.1, 0.15) is 11.2 Å². The summed E-state index contributed by atoms with van der Waals surface area (Å²) in [6.45, 7) is 5.32. The fourth-order valence-corrected chi connectivity index (χ4v) is 4.53. The maximum Gasteiger partial charge on any atom is 0.344 e. The minimum atomic E-state index is -1.30. The molecule has 2 heterocycles. The maximum atomic E-state index is 13.2. The number of imide groups is 1. The topological polar surface area (TPSA) is 125 Å². The molecular weight excluding hydrogens is 438 g/mol. The third kappa shape index (κ3) is 4.07. The molecule has 10 nitrogen and oxygen atoms in total. The molecule has 0 saturated carbocycles. The van der Waals surface area contributed by atoms with Gasteiger partial charge in [-0.2, -0.15) is 5.01 Å². The Morgan fingerprint density at radius 3 is 2.47 bits per heavy atom. The number of carbonyl (C=O) groups excluding carboxylic acids is 3. The second-order valence-corrected chi connectivity index (χ2v) is 8.77. The zero-order valence-electron chi connectivity index (χ0n) is 19.1. The van der Waals surface area contributed by atoms with Gasteiger partial charge in [0, 0.05) is 24.7 Å². The Morgan fingerprint density at radius 2 is 1.85 bits per heavy atom. The first-order valence-corrected chi connectivity index (χ1v) is 11.3. The second kappa shape index (κ2) is 9.12. The first-order valence-electron chi connectivity index (χ1n) is 11.3. The van der Waals surface area contributed by atoms with Gasteiger partial charge < -0.3 is 10.2 Å². The number of hydrazine groups is 1. The average Bonchev–Trinajstić information content (AvgIpc) is 3.09. The van der Waals surface area contributed by atoms with E-state index in [0.29, 0.717) is 35.3 Å². The van der Waals surface area contributed by atoms with Crippen molar-refractivity contribution in [2.45, 2.75) is 38.6 Å². The van der Waals surface area contributed by atoms with E-state index in [-0.39, 0.29) is 17.7 Å². The monoisotopic (exact) mass is 465 g/mol. The molecule has 2 aromatic carbocycles. The Labute approximate surface area is 197 Å². The summed E-state index contributed by atoms with van der Waals surface area (Å²) in [5.41, 5.74) is 1.87. The van der Waals surface area contributed by atoms with Gasteiger partial charge in [0.15, 0.2) is 0 Å². The van der Waals surface area contributed by atoms with Gasteiger partial charge in [-0.05, 0) is 42.9 Å². The lowest BCUT2D eigenvalue weighted by Crippen LogP contribution is -2.48. The molecule has 2 aliphatic heterocycles. The van der Waals surface area contributed by atoms with Crippen molar-refractivity contribution < 1.29 is 19.3 Å². The van der Waals surface area contributed by atoms with Gasteiger partial charge in [-0.15, -0.1) is 0 Å². The van der Waals surface area contributed by atoms with Gasteiger partial charge >= 0.3 is 6.03 Å². The van der Waals surface area contributed by atoms with E-state index in [9.17, 15) is 24.5 Å². The molecule has 0 aliphatic carbocycles. The van der Waals surface area contributed by atoms with E-state index in [0.717, 1.165) is 12.8 Å². The first-order chi connectivity index (χ1) is 16.3. The lowest BCUT2D eigenvalue weighted by molar-refractivity contribution is -0.384. The zero-order chi connectivity index (χ0) is 24.5. The molecule has 0 radical (unpaired) electrons. The predicted octanol–water partition coefficient (Wildman–Crippen LogP) is 3.33. The number of nitrogens with one attached hydrogen (secondary N) is 2. The molecule has 0 bridgehead atoms. The summed E-state index contributed by atoms with van der Waals surface area (Å²) in [4.78, 5) is 51.9. The molecular formula is C24H27N5O5. The number of rotatable bonds is 6. The maximum absolute atomic E-state index is 13.2. The molecule has 2 saturated heterocycles. The normalized spacial score (nSPS) is 20.9. The van der Waals surface area contributed by atoms with Crippen molar-refractivity contribution >= 4 is 29.2 Å². The van der Waals surface area contributed by atoms with E-state index >= 15 is 0 Å². The summed E-state index contributed by atoms with van der Waals surface area (Å²) in [6, 6.07) is 12.2. The smallest absolute Gasteiger partial charge is 0.344 e. The molecule has 1 atom stereocenters. The predicted molar refractivity (Wildman–Crippen MR) is 125 cm³/mol. The van der Waals surface area contributed by atoms with Gasteiger partial charge in [0.05, 0.1) is 4.92 Å². The van der Waals surface area contributed by atoms with Gasteiger partial charge in [-0.1, -0.05) is 44.2 Å². The van der Waals surface area contributed by atoms with Crippen LogP contribution in [0.25, 0.3) is 0 Å². The number of anilines is 1. The van der Waals surface area contributed by atoms with Gasteiger partial charge in [-0.25, -0.2) is 4.79 Å². The molecule has 0 spiro atoms. The van der Waals surface area contributed by atoms with Crippen LogP contribution in [0.3, 0.4) is 0 Å². The van der Waals surface area contributed by atoms with E-state index in [1.54, 1.807) is 43.3 Å². The Balaban J connectivity index is 1.57. The van der Waals surface area contributed by atoms with Crippen molar-refractivity contribution in [3.05, 3.63) is 69.8 Å². The highest BCUT2D eigenvalue weighted by Crippen LogP contribution is 2.33. The van der Waals surface area contributed by atoms with Crippen LogP contribution in [0.15, 0.2) is 48.5 Å². The zero-order valence-corrected chi connectivity index (χ0v) is 19.1. The van der Waals surface area contributed by atoms with Crippen molar-refractivity contribution in [1.82, 2.24) is 15.8 Å². The van der Waals surface area contributed by atoms with Crippen LogP contribution in [0, 0.1) is 16.0 Å². The fraction of sp³-hybridized carbons (Fsp3) is 0.375. The summed E-state index contributed by atoms with van der Waals surface area (Å²) < 4.78 is 0. The number of amides is 4. The number of benzene rings is 2. The van der Waals surface area contributed by atoms with Crippen LogP contribution in [0.1, 0.15) is 49.0 Å². The quantitative estimate of drug-likeness (QED) is 0.383. The lowest BCUT2D eigenvalue weighted by atomic mass is 9.87. The Hall–Kier alpha value is -3.95. The van der Waals surface area contributed by atoms with Crippen molar-refractivity contribution in [3.63, 3.8) is 0 Å². The largest absolute Gasteiger partial charge is 0.366 e. The number of hydrogen-bond acceptors (Lipinski definition) is 6. The van der Waals surface area contributed by atoms with Gasteiger partial charge in [-0.3, -0.25) is 25.1 Å². The molecule has 34 heavy (non-hydrogen) atoms. The van der Waals surface area contributed by atoms with Crippen LogP contribution in [0.4, 0.5) is 16.2 Å². The Bertz CT molecular complexity index is 1130. The molecule has 1 unspecified atom stereocenters. The van der Waals surface area contributed by atoms with E-state index in [4.69, 9.17) is 0 Å². The van der Waals surface area contributed by atoms with Crippen molar-refractivity contribution in [2.24, 2.45) is 5.92 Å². The standard InChI is InChI=1S/C24H27N5O5/c1-3-24(18-7-5-4-6-8-18)22(31)28(23(32)25-24)26-21(30)17-9-10-19(20(15-17)29(33)34)27-13-11-16(2)12-14-27/h4-10,15-16H,3,11-14H2,1-2H3,(H,25,32)(H,26,30). The van der Waals surface area contributed by atoms with Gasteiger partial charge in [0.2, 0.25) is 0 Å². The molecule has 178 valence electrons. The highest BCUT2D eigenvalue weighted by Gasteiger charge is 2.52. The number of nitrogens with zero attached hydrogens (tertiary/aromatic N) is 3. The summed E-state index contributed by atoms with van der Waals surface area (Å²) in [7, 11) is 0. The van der Waals surface area contributed by atoms with E-state index in [1.807, 2.05) is 4.90 Å². The van der Waals surface area contributed by atoms with Crippen LogP contribution in [0.2, 0.25) is 0 Å². The van der Waals surface area contributed by atoms with Crippen molar-refractivity contribution in [3.8, 4) is 0 Å². The molecule has 2 N–H and O–H groups in total. The fourth-order valence-electron chi connectivity index (χ4n) is 4.53. The number of nitro groups is 1. The third-order valence-electron chi connectivity index (χ3n) is 6.66. The molecule has 2 aliphatic rings. The SMILES string of the molecule is CCC1(c2ccccc2)NC(=O)N(NC(=O)c2ccc(N3CCC(C)CC3)c([N+](=O)[O-])c2)C1=O. The van der Waals surface area contributed by atoms with Crippen LogP contribution in [-0.4, -0.2) is 40.9 Å². The lowest BCUT2D eigenvalue weighted by Gasteiger charge is -2.31. The molecule has 2 aromatic rings. The average molecular weight is 466 g/mol. The molecule has 0 aromatic heterocycles. The van der Waals surface area contributed by atoms with Crippen LogP contribution >= 0.6 is 0 Å². The number of piperidine rings is 1. The highest BCUT2D eigenvalue weighted by molar-refractivity contribution is 6.09. The van der Waals surface area contributed by atoms with Crippen molar-refractivity contribution in [2.75, 3.05) is 18.0 Å². The number of carbonyl (C=O) groups is 3. The van der Waals surface area contributed by atoms with Crippen molar-refractivity contribution in [1.29, 1.82) is 0 Å². The summed E-state index contributed by atoms with van der Waals surface area (Å²) in [5, 5.41) is 15.1. The first kappa shape index (κ1) is 23.2. The third-order valence-corrected chi connectivity index (χ3v) is 6.66. The second-order valence-electron chi connectivity index (χ2n) is 8.77. The van der Waals surface area contributed by atoms with E-state index < -0.39 is 28.3 Å². The van der Waals surface area contributed by atoms with Crippen LogP contribution < -0.4 is 15.6 Å². The summed E-state index contributed by atoms with van der Waals surface area (Å²) >= 11 is 0. The van der Waals surface area contributed by atoms with Crippen LogP contribution in [0.5, 0.6) is 0 Å². The summed E-state index contributed by atoms with van der Waals surface area (Å²) in [6.07, 6.45) is 2.15. The van der Waals surface area contributed by atoms with Gasteiger partial charge in [0.25, 0.3) is 17.5 Å². The minimum Gasteiger partial charge on any atom is -0.366 e. The summed E-state index contributed by atoms with van der Waals surface area (Å²) in [5.74, 6) is -0.839. The van der Waals surface area contributed by atoms with E-state index in [2.05, 4.69) is 17.7 Å². The minimum absolute atomic E-state index is 0.0184. The Morgan fingerprint density at radius 1 is 1.18 bits per heavy atom. The number of urea groups is 1. The molecule has 10 heteroatoms. The molecule has 2 fully saturated rings.